The number of hydrogen-bond acceptors (Lipinski definition) is 9. The Morgan fingerprint density at radius 3 is 2.93 bits per heavy atom. The first kappa shape index (κ1) is 19.1. The zero-order valence-corrected chi connectivity index (χ0v) is 15.6. The number of thiazole rings is 1. The number of carboxylic acid groups (broad SMARTS) is 1. The Morgan fingerprint density at radius 2 is 2.25 bits per heavy atom. The lowest BCUT2D eigenvalue weighted by Gasteiger charge is -2.07. The summed E-state index contributed by atoms with van der Waals surface area (Å²) in [5.74, 6) is -0.00988. The fourth-order valence-corrected chi connectivity index (χ4v) is 2.90. The van der Waals surface area contributed by atoms with E-state index in [0.717, 1.165) is 11.3 Å². The van der Waals surface area contributed by atoms with Gasteiger partial charge in [-0.25, -0.2) is 14.6 Å². The highest BCUT2D eigenvalue weighted by Gasteiger charge is 2.17. The second kappa shape index (κ2) is 8.35. The molecular formula is C16H15N5O6S. The predicted molar refractivity (Wildman–Crippen MR) is 98.9 cm³/mol. The highest BCUT2D eigenvalue weighted by atomic mass is 32.1. The normalized spacial score (nSPS) is 11.3. The number of methoxy groups -OCH3 is 1. The summed E-state index contributed by atoms with van der Waals surface area (Å²) in [6.07, 6.45) is -1.20. The van der Waals surface area contributed by atoms with Gasteiger partial charge in [-0.15, -0.1) is 11.3 Å². The molecule has 28 heavy (non-hydrogen) atoms. The lowest BCUT2D eigenvalue weighted by Crippen LogP contribution is -2.12. The number of nitrogens with one attached hydrogen (secondary N) is 1. The molecule has 1 amide bonds. The number of benzene rings is 1. The van der Waals surface area contributed by atoms with Crippen LogP contribution in [-0.2, 0) is 18.5 Å². The average Bonchev–Trinajstić information content (AvgIpc) is 3.23. The van der Waals surface area contributed by atoms with Crippen LogP contribution in [0, 0.1) is 0 Å². The van der Waals surface area contributed by atoms with Crippen LogP contribution >= 0.6 is 11.3 Å². The van der Waals surface area contributed by atoms with Crippen LogP contribution in [0.3, 0.4) is 0 Å². The van der Waals surface area contributed by atoms with Crippen molar-refractivity contribution in [2.75, 3.05) is 12.4 Å². The van der Waals surface area contributed by atoms with E-state index in [1.54, 1.807) is 29.6 Å². The molecule has 3 rings (SSSR count). The molecule has 0 spiro atoms. The molecule has 0 saturated carbocycles. The number of nitrogens with zero attached hydrogens (tertiary/aromatic N) is 4. The van der Waals surface area contributed by atoms with Crippen LogP contribution in [0.15, 0.2) is 44.1 Å². The molecule has 2 N–H and O–H groups in total. The standard InChI is InChI=1S/C16H15N5O6S/c1-21-13(18-16(24)27-21)12(9-4-3-5-11(6-9)25-2)20-26-7-10-8-28-14(17-10)19-15(22)23/h3-6,8H,7H2,1-2H3,(H,17,19)(H,22,23)/b20-12-. The van der Waals surface area contributed by atoms with Crippen molar-refractivity contribution in [2.24, 2.45) is 12.2 Å². The van der Waals surface area contributed by atoms with E-state index in [-0.39, 0.29) is 23.3 Å². The quantitative estimate of drug-likeness (QED) is 0.448. The Morgan fingerprint density at radius 1 is 1.43 bits per heavy atom. The van der Waals surface area contributed by atoms with Crippen molar-refractivity contribution in [3.05, 3.63) is 57.3 Å². The third-order valence-corrected chi connectivity index (χ3v) is 4.21. The number of oxime groups is 1. The second-order valence-corrected chi connectivity index (χ2v) is 6.17. The monoisotopic (exact) mass is 405 g/mol. The Kier molecular flexibility index (Phi) is 5.69. The highest BCUT2D eigenvalue weighted by Crippen LogP contribution is 2.18. The van der Waals surface area contributed by atoms with Crippen molar-refractivity contribution in [2.45, 2.75) is 6.61 Å². The first-order valence-corrected chi connectivity index (χ1v) is 8.67. The Labute approximate surface area is 161 Å². The SMILES string of the molecule is COc1cccc(/C(=N/OCc2csc(NC(=O)O)n2)c2nc(=O)on2C)c1. The Hall–Kier alpha value is -3.67. The molecule has 0 aliphatic rings. The molecule has 11 nitrogen and oxygen atoms in total. The van der Waals surface area contributed by atoms with Gasteiger partial charge in [0.1, 0.15) is 5.75 Å². The first-order chi connectivity index (χ1) is 13.5. The topological polar surface area (TPSA) is 141 Å². The number of amides is 1. The largest absolute Gasteiger partial charge is 0.497 e. The van der Waals surface area contributed by atoms with Crippen molar-refractivity contribution in [3.63, 3.8) is 0 Å². The van der Waals surface area contributed by atoms with Crippen molar-refractivity contribution in [1.29, 1.82) is 0 Å². The van der Waals surface area contributed by atoms with Gasteiger partial charge in [0.2, 0.25) is 0 Å². The van der Waals surface area contributed by atoms with Crippen LogP contribution in [-0.4, -0.2) is 38.7 Å². The van der Waals surface area contributed by atoms with Crippen LogP contribution in [0.5, 0.6) is 5.75 Å². The molecule has 0 aliphatic heterocycles. The van der Waals surface area contributed by atoms with E-state index in [0.29, 0.717) is 17.0 Å². The van der Waals surface area contributed by atoms with Crippen molar-refractivity contribution in [3.8, 4) is 5.75 Å². The fraction of sp³-hybridized carbons (Fsp3) is 0.188. The minimum absolute atomic E-state index is 0.0168. The maximum Gasteiger partial charge on any atom is 0.460 e. The molecule has 0 saturated heterocycles. The van der Waals surface area contributed by atoms with Gasteiger partial charge >= 0.3 is 11.8 Å². The minimum Gasteiger partial charge on any atom is -0.497 e. The summed E-state index contributed by atoms with van der Waals surface area (Å²) in [6, 6.07) is 6.98. The summed E-state index contributed by atoms with van der Waals surface area (Å²) in [4.78, 5) is 35.3. The van der Waals surface area contributed by atoms with E-state index in [2.05, 4.69) is 20.4 Å². The third kappa shape index (κ3) is 4.54. The third-order valence-electron chi connectivity index (χ3n) is 3.40. The Bertz CT molecular complexity index is 1070. The van der Waals surface area contributed by atoms with Gasteiger partial charge in [-0.2, -0.15) is 9.72 Å². The van der Waals surface area contributed by atoms with Crippen LogP contribution < -0.4 is 15.8 Å². The molecular weight excluding hydrogens is 390 g/mol. The molecule has 3 aromatic rings. The lowest BCUT2D eigenvalue weighted by atomic mass is 10.1. The summed E-state index contributed by atoms with van der Waals surface area (Å²) >= 11 is 1.12. The van der Waals surface area contributed by atoms with Gasteiger partial charge in [-0.1, -0.05) is 17.3 Å². The maximum absolute atomic E-state index is 11.5. The van der Waals surface area contributed by atoms with Crippen LogP contribution in [0.25, 0.3) is 0 Å². The van der Waals surface area contributed by atoms with Crippen molar-refractivity contribution < 1.29 is 24.0 Å². The first-order valence-electron chi connectivity index (χ1n) is 7.79. The van der Waals surface area contributed by atoms with E-state index in [1.807, 2.05) is 0 Å². The van der Waals surface area contributed by atoms with Gasteiger partial charge in [0.15, 0.2) is 23.3 Å². The van der Waals surface area contributed by atoms with Gasteiger partial charge < -0.3 is 19.2 Å². The summed E-state index contributed by atoms with van der Waals surface area (Å²) < 4.78 is 11.3. The molecule has 146 valence electrons. The Balaban J connectivity index is 1.86. The van der Waals surface area contributed by atoms with Gasteiger partial charge in [0.25, 0.3) is 0 Å². The summed E-state index contributed by atoms with van der Waals surface area (Å²) in [5, 5.41) is 16.8. The zero-order chi connectivity index (χ0) is 20.1. The zero-order valence-electron chi connectivity index (χ0n) is 14.8. The van der Waals surface area contributed by atoms with E-state index in [1.165, 1.54) is 18.9 Å². The molecule has 1 aromatic carbocycles. The number of aromatic nitrogens is 3. The molecule has 2 aromatic heterocycles. The summed E-state index contributed by atoms with van der Waals surface area (Å²) in [7, 11) is 3.05. The molecule has 12 heteroatoms. The molecule has 0 unspecified atom stereocenters. The lowest BCUT2D eigenvalue weighted by molar-refractivity contribution is 0.128. The maximum atomic E-state index is 11.5. The number of anilines is 1. The number of carbonyl (C=O) groups is 1. The average molecular weight is 405 g/mol. The van der Waals surface area contributed by atoms with Crippen molar-refractivity contribution >= 4 is 28.3 Å². The highest BCUT2D eigenvalue weighted by molar-refractivity contribution is 7.13. The molecule has 2 heterocycles. The van der Waals surface area contributed by atoms with E-state index in [4.69, 9.17) is 19.2 Å². The molecule has 0 fully saturated rings. The van der Waals surface area contributed by atoms with Crippen LogP contribution in [0.2, 0.25) is 0 Å². The number of hydrogen-bond donors (Lipinski definition) is 2. The fourth-order valence-electron chi connectivity index (χ4n) is 2.22. The molecule has 0 bridgehead atoms. The van der Waals surface area contributed by atoms with Crippen LogP contribution in [0.4, 0.5) is 9.93 Å². The number of aryl methyl sites for hydroxylation is 1. The van der Waals surface area contributed by atoms with Gasteiger partial charge in [0.05, 0.1) is 12.8 Å². The van der Waals surface area contributed by atoms with Crippen LogP contribution in [0.1, 0.15) is 17.1 Å². The second-order valence-electron chi connectivity index (χ2n) is 5.31. The molecule has 0 radical (unpaired) electrons. The molecule has 0 atom stereocenters. The van der Waals surface area contributed by atoms with E-state index in [9.17, 15) is 9.59 Å². The van der Waals surface area contributed by atoms with Gasteiger partial charge in [0, 0.05) is 18.0 Å². The summed E-state index contributed by atoms with van der Waals surface area (Å²) in [5.41, 5.74) is 1.33. The number of ether oxygens (including phenoxy) is 1. The predicted octanol–water partition coefficient (Wildman–Crippen LogP) is 1.90. The van der Waals surface area contributed by atoms with Gasteiger partial charge in [-0.05, 0) is 12.1 Å². The number of rotatable bonds is 7. The van der Waals surface area contributed by atoms with E-state index < -0.39 is 11.8 Å². The van der Waals surface area contributed by atoms with E-state index >= 15 is 0 Å². The smallest absolute Gasteiger partial charge is 0.460 e. The summed E-state index contributed by atoms with van der Waals surface area (Å²) in [6.45, 7) is -0.0168. The minimum atomic E-state index is -1.20. The molecule has 0 aliphatic carbocycles. The van der Waals surface area contributed by atoms with Crippen molar-refractivity contribution in [1.82, 2.24) is 14.7 Å². The van der Waals surface area contributed by atoms with Gasteiger partial charge in [-0.3, -0.25) is 5.32 Å².